The fourth-order valence-electron chi connectivity index (χ4n) is 2.26. The molecule has 0 amide bonds. The van der Waals surface area contributed by atoms with Gasteiger partial charge in [0.2, 0.25) is 0 Å². The summed E-state index contributed by atoms with van der Waals surface area (Å²) < 4.78 is 0. The molecule has 0 radical (unpaired) electrons. The minimum atomic E-state index is 0.935. The molecule has 0 aliphatic heterocycles. The van der Waals surface area contributed by atoms with E-state index in [1.807, 2.05) is 18.2 Å². The summed E-state index contributed by atoms with van der Waals surface area (Å²) in [7, 11) is 0. The Morgan fingerprint density at radius 3 is 2.94 bits per heavy atom. The smallest absolute Gasteiger partial charge is 0.0965 e. The number of nitrogens with one attached hydrogen (secondary N) is 1. The van der Waals surface area contributed by atoms with Crippen molar-refractivity contribution in [1.29, 1.82) is 0 Å². The largest absolute Gasteiger partial charge is 0.353 e. The van der Waals surface area contributed by atoms with E-state index in [0.717, 1.165) is 32.8 Å². The highest BCUT2D eigenvalue weighted by Crippen LogP contribution is 2.25. The number of benzene rings is 1. The van der Waals surface area contributed by atoms with Gasteiger partial charge in [0, 0.05) is 22.5 Å². The molecule has 0 atom stereocenters. The molecule has 1 N–H and O–H groups in total. The Bertz CT molecular complexity index is 840. The van der Waals surface area contributed by atoms with Crippen molar-refractivity contribution in [2.24, 2.45) is 0 Å². The van der Waals surface area contributed by atoms with Crippen LogP contribution in [-0.2, 0) is 0 Å². The molecule has 3 nitrogen and oxygen atoms in total. The van der Waals surface area contributed by atoms with Crippen LogP contribution >= 0.6 is 0 Å². The molecule has 0 spiro atoms. The van der Waals surface area contributed by atoms with Crippen molar-refractivity contribution in [3.05, 3.63) is 48.8 Å². The topological polar surface area (TPSA) is 41.6 Å². The van der Waals surface area contributed by atoms with Gasteiger partial charge in [-0.3, -0.25) is 4.98 Å². The maximum absolute atomic E-state index is 4.67. The van der Waals surface area contributed by atoms with Crippen molar-refractivity contribution in [3.63, 3.8) is 0 Å². The van der Waals surface area contributed by atoms with Crippen molar-refractivity contribution in [1.82, 2.24) is 15.0 Å². The van der Waals surface area contributed by atoms with Crippen molar-refractivity contribution >= 4 is 32.8 Å². The van der Waals surface area contributed by atoms with Gasteiger partial charge in [0.05, 0.1) is 22.7 Å². The normalized spacial score (nSPS) is 11.5. The molecule has 4 aromatic rings. The van der Waals surface area contributed by atoms with Crippen LogP contribution in [0.4, 0.5) is 0 Å². The number of aromatic amines is 1. The Hall–Kier alpha value is -2.42. The lowest BCUT2D eigenvalue weighted by molar-refractivity contribution is 1.33. The predicted octanol–water partition coefficient (Wildman–Crippen LogP) is 3.26. The fraction of sp³-hybridized carbons (Fsp3) is 0. The summed E-state index contributed by atoms with van der Waals surface area (Å²) in [6, 6.07) is 12.3. The van der Waals surface area contributed by atoms with Gasteiger partial charge < -0.3 is 4.98 Å². The van der Waals surface area contributed by atoms with Crippen molar-refractivity contribution < 1.29 is 0 Å². The van der Waals surface area contributed by atoms with Gasteiger partial charge >= 0.3 is 0 Å². The Morgan fingerprint density at radius 1 is 1.00 bits per heavy atom. The SMILES string of the molecule is c1ccc2c(c1)[nH]c1cc3ccncc3nc12. The van der Waals surface area contributed by atoms with Crippen molar-refractivity contribution in [2.45, 2.75) is 0 Å². The number of hydrogen-bond donors (Lipinski definition) is 1. The van der Waals surface area contributed by atoms with Crippen LogP contribution in [0.25, 0.3) is 32.8 Å². The number of H-pyrrole nitrogens is 1. The Labute approximate surface area is 97.1 Å². The molecule has 3 aromatic heterocycles. The average Bonchev–Trinajstić information content (AvgIpc) is 2.73. The molecular weight excluding hydrogens is 210 g/mol. The van der Waals surface area contributed by atoms with Crippen LogP contribution in [-0.4, -0.2) is 15.0 Å². The van der Waals surface area contributed by atoms with E-state index < -0.39 is 0 Å². The van der Waals surface area contributed by atoms with Crippen LogP contribution < -0.4 is 0 Å². The van der Waals surface area contributed by atoms with E-state index in [1.165, 1.54) is 0 Å². The molecule has 17 heavy (non-hydrogen) atoms. The van der Waals surface area contributed by atoms with Gasteiger partial charge in [-0.2, -0.15) is 0 Å². The average molecular weight is 219 g/mol. The van der Waals surface area contributed by atoms with E-state index in [-0.39, 0.29) is 0 Å². The van der Waals surface area contributed by atoms with Gasteiger partial charge in [0.25, 0.3) is 0 Å². The van der Waals surface area contributed by atoms with Gasteiger partial charge in [-0.25, -0.2) is 4.98 Å². The summed E-state index contributed by atoms with van der Waals surface area (Å²) in [4.78, 5) is 12.2. The molecule has 0 saturated heterocycles. The maximum Gasteiger partial charge on any atom is 0.0965 e. The quantitative estimate of drug-likeness (QED) is 0.493. The number of hydrogen-bond acceptors (Lipinski definition) is 2. The van der Waals surface area contributed by atoms with Gasteiger partial charge in [-0.05, 0) is 18.2 Å². The monoisotopic (exact) mass is 219 g/mol. The molecule has 4 rings (SSSR count). The van der Waals surface area contributed by atoms with Crippen molar-refractivity contribution in [3.8, 4) is 0 Å². The lowest BCUT2D eigenvalue weighted by Crippen LogP contribution is -1.81. The minimum Gasteiger partial charge on any atom is -0.353 e. The molecule has 0 fully saturated rings. The van der Waals surface area contributed by atoms with Gasteiger partial charge in [-0.1, -0.05) is 18.2 Å². The van der Waals surface area contributed by atoms with Crippen LogP contribution in [0.15, 0.2) is 48.8 Å². The molecule has 0 saturated carbocycles. The van der Waals surface area contributed by atoms with Crippen molar-refractivity contribution in [2.75, 3.05) is 0 Å². The van der Waals surface area contributed by atoms with Gasteiger partial charge in [-0.15, -0.1) is 0 Å². The Morgan fingerprint density at radius 2 is 1.94 bits per heavy atom. The summed E-state index contributed by atoms with van der Waals surface area (Å²) in [6.07, 6.45) is 3.59. The number of para-hydroxylation sites is 1. The third-order valence-electron chi connectivity index (χ3n) is 3.07. The number of pyridine rings is 2. The summed E-state index contributed by atoms with van der Waals surface area (Å²) in [5.74, 6) is 0. The highest BCUT2D eigenvalue weighted by Gasteiger charge is 2.06. The molecule has 1 aromatic carbocycles. The zero-order valence-electron chi connectivity index (χ0n) is 9.01. The third-order valence-corrected chi connectivity index (χ3v) is 3.07. The molecule has 0 unspecified atom stereocenters. The lowest BCUT2D eigenvalue weighted by atomic mass is 10.2. The molecule has 0 aliphatic carbocycles. The number of fused-ring (bicyclic) bond motifs is 4. The molecule has 80 valence electrons. The van der Waals surface area contributed by atoms with E-state index in [0.29, 0.717) is 0 Å². The number of nitrogens with zero attached hydrogens (tertiary/aromatic N) is 2. The maximum atomic E-state index is 4.67. The Kier molecular flexibility index (Phi) is 1.56. The Balaban J connectivity index is 2.28. The zero-order chi connectivity index (χ0) is 11.2. The van der Waals surface area contributed by atoms with Crippen LogP contribution in [0.3, 0.4) is 0 Å². The van der Waals surface area contributed by atoms with E-state index >= 15 is 0 Å². The number of rotatable bonds is 0. The highest BCUT2D eigenvalue weighted by atomic mass is 14.8. The third kappa shape index (κ3) is 1.16. The van der Waals surface area contributed by atoms with E-state index in [2.05, 4.69) is 33.2 Å². The fourth-order valence-corrected chi connectivity index (χ4v) is 2.26. The van der Waals surface area contributed by atoms with Gasteiger partial charge in [0.15, 0.2) is 0 Å². The first-order chi connectivity index (χ1) is 8.42. The van der Waals surface area contributed by atoms with Crippen LogP contribution in [0, 0.1) is 0 Å². The number of aromatic nitrogens is 3. The minimum absolute atomic E-state index is 0.935. The molecule has 3 heteroatoms. The predicted molar refractivity (Wildman–Crippen MR) is 68.9 cm³/mol. The summed E-state index contributed by atoms with van der Waals surface area (Å²) >= 11 is 0. The van der Waals surface area contributed by atoms with E-state index in [4.69, 9.17) is 0 Å². The van der Waals surface area contributed by atoms with Crippen LogP contribution in [0.5, 0.6) is 0 Å². The first-order valence-electron chi connectivity index (χ1n) is 5.53. The summed E-state index contributed by atoms with van der Waals surface area (Å²) in [6.45, 7) is 0. The first-order valence-corrected chi connectivity index (χ1v) is 5.53. The molecular formula is C14H9N3. The molecule has 0 aliphatic rings. The van der Waals surface area contributed by atoms with Crippen LogP contribution in [0.2, 0.25) is 0 Å². The standard InChI is InChI=1S/C14H9N3/c1-2-4-11-10(3-1)14-12(16-11)7-9-5-6-15-8-13(9)17-14/h1-8,16H. The van der Waals surface area contributed by atoms with Crippen LogP contribution in [0.1, 0.15) is 0 Å². The summed E-state index contributed by atoms with van der Waals surface area (Å²) in [5.41, 5.74) is 4.15. The summed E-state index contributed by atoms with van der Waals surface area (Å²) in [5, 5.41) is 2.27. The highest BCUT2D eigenvalue weighted by molar-refractivity contribution is 6.07. The second-order valence-corrected chi connectivity index (χ2v) is 4.12. The second kappa shape index (κ2) is 3.04. The molecule has 0 bridgehead atoms. The zero-order valence-corrected chi connectivity index (χ0v) is 9.01. The first kappa shape index (κ1) is 8.70. The second-order valence-electron chi connectivity index (χ2n) is 4.12. The van der Waals surface area contributed by atoms with Gasteiger partial charge in [0.1, 0.15) is 0 Å². The molecule has 3 heterocycles. The van der Waals surface area contributed by atoms with E-state index in [1.54, 1.807) is 12.4 Å². The lowest BCUT2D eigenvalue weighted by Gasteiger charge is -1.96. The van der Waals surface area contributed by atoms with E-state index in [9.17, 15) is 0 Å².